The number of nitrogens with zero attached hydrogens (tertiary/aromatic N) is 2. The van der Waals surface area contributed by atoms with Crippen molar-refractivity contribution in [2.75, 3.05) is 6.61 Å². The minimum absolute atomic E-state index is 0.130. The Labute approximate surface area is 207 Å². The second kappa shape index (κ2) is 9.88. The van der Waals surface area contributed by atoms with Gasteiger partial charge >= 0.3 is 5.97 Å². The number of aromatic nitrogens is 1. The Morgan fingerprint density at radius 3 is 2.45 bits per heavy atom. The highest BCUT2D eigenvalue weighted by molar-refractivity contribution is 6.49. The summed E-state index contributed by atoms with van der Waals surface area (Å²) in [6.07, 6.45) is 2.99. The second-order valence-electron chi connectivity index (χ2n) is 8.30. The summed E-state index contributed by atoms with van der Waals surface area (Å²) in [6, 6.07) is 12.4. The Balaban J connectivity index is 1.65. The lowest BCUT2D eigenvalue weighted by Crippen LogP contribution is -2.49. The van der Waals surface area contributed by atoms with Crippen LogP contribution in [0.4, 0.5) is 0 Å². The van der Waals surface area contributed by atoms with Crippen molar-refractivity contribution in [2.45, 2.75) is 45.2 Å². The summed E-state index contributed by atoms with van der Waals surface area (Å²) in [6.45, 7) is 3.74. The first-order valence-electron chi connectivity index (χ1n) is 10.8. The number of carbonyl (C=O) groups excluding carboxylic acids is 2. The van der Waals surface area contributed by atoms with E-state index in [0.29, 0.717) is 32.7 Å². The molecule has 0 N–H and O–H groups in total. The number of rotatable bonds is 4. The zero-order chi connectivity index (χ0) is 23.7. The smallest absolute Gasteiger partial charge is 0.339 e. The Bertz CT molecular complexity index is 1220. The standard InChI is InChI=1S/C25H23Cl3N2O3/c1-14-6-5-7-15(2)30(14)22(31)13-33-25(32)18-12-21(29-20-9-4-3-8-16(18)20)17-10-11-19(26)24(28)23(17)27/h3-4,8-12,14-15H,5-7,13H2,1-2H3. The predicted molar refractivity (Wildman–Crippen MR) is 132 cm³/mol. The lowest BCUT2D eigenvalue weighted by Gasteiger charge is -2.38. The Morgan fingerprint density at radius 2 is 1.73 bits per heavy atom. The summed E-state index contributed by atoms with van der Waals surface area (Å²) in [5.41, 5.74) is 1.88. The van der Waals surface area contributed by atoms with Gasteiger partial charge in [0, 0.05) is 23.0 Å². The van der Waals surface area contributed by atoms with E-state index < -0.39 is 5.97 Å². The van der Waals surface area contributed by atoms with Gasteiger partial charge in [-0.1, -0.05) is 53.0 Å². The minimum Gasteiger partial charge on any atom is -0.452 e. The second-order valence-corrected chi connectivity index (χ2v) is 9.46. The zero-order valence-electron chi connectivity index (χ0n) is 18.3. The number of pyridine rings is 1. The quantitative estimate of drug-likeness (QED) is 0.289. The molecule has 1 saturated heterocycles. The number of piperidine rings is 1. The highest BCUT2D eigenvalue weighted by atomic mass is 35.5. The van der Waals surface area contributed by atoms with Crippen LogP contribution in [0.3, 0.4) is 0 Å². The van der Waals surface area contributed by atoms with E-state index in [1.54, 1.807) is 30.3 Å². The molecule has 2 unspecified atom stereocenters. The molecule has 0 aliphatic carbocycles. The molecule has 4 rings (SSSR count). The number of para-hydroxylation sites is 1. The van der Waals surface area contributed by atoms with Gasteiger partial charge in [0.1, 0.15) is 0 Å². The molecule has 172 valence electrons. The third-order valence-corrected chi connectivity index (χ3v) is 7.35. The monoisotopic (exact) mass is 504 g/mol. The number of likely N-dealkylation sites (tertiary alicyclic amines) is 1. The van der Waals surface area contributed by atoms with Gasteiger partial charge in [0.15, 0.2) is 6.61 Å². The van der Waals surface area contributed by atoms with Gasteiger partial charge in [0.05, 0.1) is 31.8 Å². The molecule has 2 aromatic carbocycles. The van der Waals surface area contributed by atoms with Crippen LogP contribution in [0.15, 0.2) is 42.5 Å². The zero-order valence-corrected chi connectivity index (χ0v) is 20.5. The Hall–Kier alpha value is -2.34. The number of amides is 1. The number of ether oxygens (including phenoxy) is 1. The number of benzene rings is 2. The predicted octanol–water partition coefficient (Wildman–Crippen LogP) is 6.81. The van der Waals surface area contributed by atoms with Crippen LogP contribution >= 0.6 is 34.8 Å². The first-order valence-corrected chi connectivity index (χ1v) is 11.9. The van der Waals surface area contributed by atoms with Gasteiger partial charge in [-0.25, -0.2) is 9.78 Å². The number of hydrogen-bond acceptors (Lipinski definition) is 4. The van der Waals surface area contributed by atoms with Gasteiger partial charge in [0.2, 0.25) is 0 Å². The van der Waals surface area contributed by atoms with Crippen molar-refractivity contribution in [3.05, 3.63) is 63.1 Å². The van der Waals surface area contributed by atoms with Crippen molar-refractivity contribution in [1.29, 1.82) is 0 Å². The molecule has 2 atom stereocenters. The van der Waals surface area contributed by atoms with E-state index in [2.05, 4.69) is 4.98 Å². The lowest BCUT2D eigenvalue weighted by molar-refractivity contribution is -0.140. The Kier molecular flexibility index (Phi) is 7.13. The molecule has 2 heterocycles. The third kappa shape index (κ3) is 4.81. The van der Waals surface area contributed by atoms with Gasteiger partial charge in [-0.3, -0.25) is 4.79 Å². The van der Waals surface area contributed by atoms with Crippen molar-refractivity contribution in [1.82, 2.24) is 9.88 Å². The molecule has 1 amide bonds. The molecule has 33 heavy (non-hydrogen) atoms. The van der Waals surface area contributed by atoms with Crippen molar-refractivity contribution in [3.63, 3.8) is 0 Å². The van der Waals surface area contributed by atoms with Crippen LogP contribution < -0.4 is 0 Å². The summed E-state index contributed by atoms with van der Waals surface area (Å²) >= 11 is 18.7. The summed E-state index contributed by atoms with van der Waals surface area (Å²) in [7, 11) is 0. The van der Waals surface area contributed by atoms with Crippen LogP contribution in [0.5, 0.6) is 0 Å². The minimum atomic E-state index is -0.600. The average molecular weight is 506 g/mol. The maximum absolute atomic E-state index is 13.1. The number of carbonyl (C=O) groups is 2. The number of esters is 1. The van der Waals surface area contributed by atoms with Gasteiger partial charge in [-0.05, 0) is 57.4 Å². The number of fused-ring (bicyclic) bond motifs is 1. The van der Waals surface area contributed by atoms with E-state index in [4.69, 9.17) is 39.5 Å². The van der Waals surface area contributed by atoms with Gasteiger partial charge in [0.25, 0.3) is 5.91 Å². The summed E-state index contributed by atoms with van der Waals surface area (Å²) in [5, 5.41) is 1.40. The van der Waals surface area contributed by atoms with E-state index in [-0.39, 0.29) is 34.6 Å². The highest BCUT2D eigenvalue weighted by Gasteiger charge is 2.29. The van der Waals surface area contributed by atoms with Gasteiger partial charge in [-0.15, -0.1) is 0 Å². The summed E-state index contributed by atoms with van der Waals surface area (Å²) in [5.74, 6) is -0.786. The molecule has 0 spiro atoms. The van der Waals surface area contributed by atoms with Crippen molar-refractivity contribution in [3.8, 4) is 11.3 Å². The molecule has 1 aliphatic heterocycles. The first kappa shape index (κ1) is 23.8. The molecule has 0 saturated carbocycles. The lowest BCUT2D eigenvalue weighted by atomic mass is 9.97. The van der Waals surface area contributed by atoms with Crippen LogP contribution in [0, 0.1) is 0 Å². The average Bonchev–Trinajstić information content (AvgIpc) is 2.80. The molecule has 5 nitrogen and oxygen atoms in total. The molecular formula is C25H23Cl3N2O3. The molecule has 1 aromatic heterocycles. The fourth-order valence-corrected chi connectivity index (χ4v) is 5.03. The molecular weight excluding hydrogens is 483 g/mol. The van der Waals surface area contributed by atoms with Crippen LogP contribution in [0.2, 0.25) is 15.1 Å². The van der Waals surface area contributed by atoms with Crippen LogP contribution in [0.25, 0.3) is 22.2 Å². The largest absolute Gasteiger partial charge is 0.452 e. The molecule has 1 aliphatic rings. The highest BCUT2D eigenvalue weighted by Crippen LogP contribution is 2.38. The van der Waals surface area contributed by atoms with Crippen LogP contribution in [0.1, 0.15) is 43.5 Å². The molecule has 8 heteroatoms. The maximum atomic E-state index is 13.1. The van der Waals surface area contributed by atoms with E-state index in [1.165, 1.54) is 0 Å². The molecule has 1 fully saturated rings. The normalized spacial score (nSPS) is 18.4. The molecule has 0 bridgehead atoms. The number of halogens is 3. The van der Waals surface area contributed by atoms with Crippen molar-refractivity contribution in [2.24, 2.45) is 0 Å². The van der Waals surface area contributed by atoms with Crippen molar-refractivity contribution < 1.29 is 14.3 Å². The van der Waals surface area contributed by atoms with Gasteiger partial charge < -0.3 is 9.64 Å². The fourth-order valence-electron chi connectivity index (χ4n) is 4.40. The van der Waals surface area contributed by atoms with E-state index in [9.17, 15) is 9.59 Å². The summed E-state index contributed by atoms with van der Waals surface area (Å²) in [4.78, 5) is 32.4. The number of hydrogen-bond donors (Lipinski definition) is 0. The van der Waals surface area contributed by atoms with E-state index in [1.807, 2.05) is 30.9 Å². The maximum Gasteiger partial charge on any atom is 0.339 e. The molecule has 0 radical (unpaired) electrons. The topological polar surface area (TPSA) is 59.5 Å². The molecule has 3 aromatic rings. The van der Waals surface area contributed by atoms with Crippen LogP contribution in [-0.4, -0.2) is 40.5 Å². The van der Waals surface area contributed by atoms with E-state index >= 15 is 0 Å². The first-order chi connectivity index (χ1) is 15.8. The van der Waals surface area contributed by atoms with Crippen molar-refractivity contribution >= 4 is 57.6 Å². The third-order valence-electron chi connectivity index (χ3n) is 6.06. The van der Waals surface area contributed by atoms with Crippen LogP contribution in [-0.2, 0) is 9.53 Å². The van der Waals surface area contributed by atoms with E-state index in [0.717, 1.165) is 19.3 Å². The SMILES string of the molecule is CC1CCCC(C)N1C(=O)COC(=O)c1cc(-c2ccc(Cl)c(Cl)c2Cl)nc2ccccc12. The Morgan fingerprint density at radius 1 is 1.03 bits per heavy atom. The summed E-state index contributed by atoms with van der Waals surface area (Å²) < 4.78 is 5.47. The van der Waals surface area contributed by atoms with Gasteiger partial charge in [-0.2, -0.15) is 0 Å². The fraction of sp³-hybridized carbons (Fsp3) is 0.320.